The molecule has 0 atom stereocenters. The van der Waals surface area contributed by atoms with Crippen LogP contribution in [0.4, 0.5) is 0 Å². The predicted molar refractivity (Wildman–Crippen MR) is 97.0 cm³/mol. The number of hydrogen-bond acceptors (Lipinski definition) is 5. The van der Waals surface area contributed by atoms with Crippen molar-refractivity contribution < 1.29 is 14.3 Å². The lowest BCUT2D eigenvalue weighted by molar-refractivity contribution is 0.0523. The van der Waals surface area contributed by atoms with Crippen molar-refractivity contribution in [1.29, 1.82) is 0 Å². The number of nitrogens with one attached hydrogen (secondary N) is 1. The van der Waals surface area contributed by atoms with Gasteiger partial charge < -0.3 is 14.5 Å². The van der Waals surface area contributed by atoms with Gasteiger partial charge in [0.05, 0.1) is 6.61 Å². The Labute approximate surface area is 150 Å². The van der Waals surface area contributed by atoms with Crippen molar-refractivity contribution in [2.24, 2.45) is 0 Å². The Kier molecular flexibility index (Phi) is 5.43. The first-order chi connectivity index (χ1) is 12.7. The molecule has 0 saturated heterocycles. The molecule has 0 aliphatic rings. The predicted octanol–water partition coefficient (Wildman–Crippen LogP) is 3.19. The number of rotatable bonds is 6. The first-order valence-electron chi connectivity index (χ1n) is 8.21. The van der Waals surface area contributed by atoms with E-state index in [1.54, 1.807) is 19.1 Å². The summed E-state index contributed by atoms with van der Waals surface area (Å²) in [6, 6.07) is 17.1. The Balaban J connectivity index is 1.78. The van der Waals surface area contributed by atoms with Crippen LogP contribution in [0.1, 0.15) is 22.8 Å². The molecule has 0 radical (unpaired) electrons. The molecule has 0 amide bonds. The van der Waals surface area contributed by atoms with Gasteiger partial charge in [-0.25, -0.2) is 9.78 Å². The average Bonchev–Trinajstić information content (AvgIpc) is 2.67. The van der Waals surface area contributed by atoms with E-state index in [1.165, 1.54) is 6.20 Å². The largest absolute Gasteiger partial charge is 0.489 e. The quantitative estimate of drug-likeness (QED) is 0.691. The zero-order valence-corrected chi connectivity index (χ0v) is 14.3. The van der Waals surface area contributed by atoms with Crippen LogP contribution >= 0.6 is 0 Å². The third-order valence-electron chi connectivity index (χ3n) is 3.65. The molecule has 0 bridgehead atoms. The number of carbonyl (C=O) groups is 1. The maximum absolute atomic E-state index is 12.1. The molecule has 6 heteroatoms. The van der Waals surface area contributed by atoms with Crippen LogP contribution in [0.5, 0.6) is 5.75 Å². The number of carbonyl (C=O) groups excluding carboxylic acids is 1. The maximum atomic E-state index is 12.1. The number of benzene rings is 2. The Morgan fingerprint density at radius 3 is 2.65 bits per heavy atom. The van der Waals surface area contributed by atoms with Gasteiger partial charge >= 0.3 is 5.97 Å². The molecule has 0 unspecified atom stereocenters. The zero-order valence-electron chi connectivity index (χ0n) is 14.3. The molecule has 1 N–H and O–H groups in total. The molecule has 132 valence electrons. The highest BCUT2D eigenvalue weighted by molar-refractivity contribution is 5.88. The maximum Gasteiger partial charge on any atom is 0.345 e. The fourth-order valence-corrected chi connectivity index (χ4v) is 2.37. The Hall–Kier alpha value is -3.41. The molecule has 1 heterocycles. The van der Waals surface area contributed by atoms with Crippen LogP contribution in [0.25, 0.3) is 11.4 Å². The number of aromatic nitrogens is 2. The minimum atomic E-state index is -0.687. The zero-order chi connectivity index (χ0) is 18.4. The van der Waals surface area contributed by atoms with E-state index in [1.807, 2.05) is 42.5 Å². The van der Waals surface area contributed by atoms with E-state index in [0.717, 1.165) is 5.56 Å². The highest BCUT2D eigenvalue weighted by Gasteiger charge is 2.13. The first-order valence-corrected chi connectivity index (χ1v) is 8.21. The minimum Gasteiger partial charge on any atom is -0.489 e. The fourth-order valence-electron chi connectivity index (χ4n) is 2.37. The molecule has 6 nitrogen and oxygen atoms in total. The molecule has 0 aliphatic heterocycles. The van der Waals surface area contributed by atoms with Crippen molar-refractivity contribution in [3.63, 3.8) is 0 Å². The lowest BCUT2D eigenvalue weighted by Gasteiger charge is -2.08. The minimum absolute atomic E-state index is 0.118. The molecular weight excluding hydrogens is 332 g/mol. The molecule has 1 aromatic heterocycles. The van der Waals surface area contributed by atoms with E-state index in [2.05, 4.69) is 9.97 Å². The van der Waals surface area contributed by atoms with Crippen LogP contribution in [0.2, 0.25) is 0 Å². The van der Waals surface area contributed by atoms with Gasteiger partial charge in [-0.3, -0.25) is 4.79 Å². The monoisotopic (exact) mass is 350 g/mol. The van der Waals surface area contributed by atoms with Crippen molar-refractivity contribution in [1.82, 2.24) is 9.97 Å². The van der Waals surface area contributed by atoms with Crippen molar-refractivity contribution in [3.8, 4) is 17.1 Å². The van der Waals surface area contributed by atoms with E-state index in [0.29, 0.717) is 23.7 Å². The molecule has 0 fully saturated rings. The molecule has 26 heavy (non-hydrogen) atoms. The van der Waals surface area contributed by atoms with Crippen LogP contribution < -0.4 is 10.3 Å². The Morgan fingerprint density at radius 2 is 1.92 bits per heavy atom. The van der Waals surface area contributed by atoms with Crippen LogP contribution in [-0.4, -0.2) is 22.5 Å². The van der Waals surface area contributed by atoms with Gasteiger partial charge in [0.1, 0.15) is 23.7 Å². The van der Waals surface area contributed by atoms with Crippen LogP contribution in [0, 0.1) is 0 Å². The van der Waals surface area contributed by atoms with Crippen molar-refractivity contribution in [2.75, 3.05) is 6.61 Å². The van der Waals surface area contributed by atoms with Crippen molar-refractivity contribution in [3.05, 3.63) is 82.3 Å². The fraction of sp³-hybridized carbons (Fsp3) is 0.150. The highest BCUT2D eigenvalue weighted by Crippen LogP contribution is 2.21. The third kappa shape index (κ3) is 4.16. The van der Waals surface area contributed by atoms with Gasteiger partial charge in [0.2, 0.25) is 0 Å². The van der Waals surface area contributed by atoms with Crippen LogP contribution in [0.15, 0.2) is 65.6 Å². The van der Waals surface area contributed by atoms with Gasteiger partial charge in [-0.2, -0.15) is 0 Å². The second-order valence-electron chi connectivity index (χ2n) is 5.50. The summed E-state index contributed by atoms with van der Waals surface area (Å²) in [6.45, 7) is 2.31. The summed E-state index contributed by atoms with van der Waals surface area (Å²) in [5.74, 6) is 0.324. The standard InChI is InChI=1S/C20H18N2O4/c1-2-25-20(24)17-12-21-18(22-19(17)23)15-9-6-10-16(11-15)26-13-14-7-4-3-5-8-14/h3-12H,2,13H2,1H3,(H,21,22,23). The van der Waals surface area contributed by atoms with E-state index in [-0.39, 0.29) is 12.2 Å². The molecule has 0 saturated carbocycles. The Morgan fingerprint density at radius 1 is 1.12 bits per heavy atom. The molecule has 0 aliphatic carbocycles. The lowest BCUT2D eigenvalue weighted by atomic mass is 10.2. The summed E-state index contributed by atoms with van der Waals surface area (Å²) >= 11 is 0. The van der Waals surface area contributed by atoms with E-state index >= 15 is 0 Å². The normalized spacial score (nSPS) is 10.3. The number of nitrogens with zero attached hydrogens (tertiary/aromatic N) is 1. The molecule has 2 aromatic carbocycles. The van der Waals surface area contributed by atoms with Crippen LogP contribution in [-0.2, 0) is 11.3 Å². The number of esters is 1. The summed E-state index contributed by atoms with van der Waals surface area (Å²) in [6.07, 6.45) is 1.23. The molecule has 3 aromatic rings. The van der Waals surface area contributed by atoms with Gasteiger partial charge in [-0.1, -0.05) is 42.5 Å². The van der Waals surface area contributed by atoms with E-state index in [4.69, 9.17) is 9.47 Å². The lowest BCUT2D eigenvalue weighted by Crippen LogP contribution is -2.20. The number of aromatic amines is 1. The second-order valence-corrected chi connectivity index (χ2v) is 5.50. The van der Waals surface area contributed by atoms with Crippen molar-refractivity contribution in [2.45, 2.75) is 13.5 Å². The number of ether oxygens (including phenoxy) is 2. The van der Waals surface area contributed by atoms with E-state index in [9.17, 15) is 9.59 Å². The first kappa shape index (κ1) is 17.4. The third-order valence-corrected chi connectivity index (χ3v) is 3.65. The van der Waals surface area contributed by atoms with Crippen molar-refractivity contribution >= 4 is 5.97 Å². The number of H-pyrrole nitrogens is 1. The summed E-state index contributed by atoms with van der Waals surface area (Å²) in [5.41, 5.74) is 1.09. The van der Waals surface area contributed by atoms with Gasteiger partial charge in [0.25, 0.3) is 5.56 Å². The summed E-state index contributed by atoms with van der Waals surface area (Å²) in [4.78, 5) is 30.6. The second kappa shape index (κ2) is 8.11. The van der Waals surface area contributed by atoms with E-state index < -0.39 is 11.5 Å². The van der Waals surface area contributed by atoms with Crippen LogP contribution in [0.3, 0.4) is 0 Å². The van der Waals surface area contributed by atoms with Gasteiger partial charge in [0.15, 0.2) is 0 Å². The topological polar surface area (TPSA) is 81.3 Å². The molecular formula is C20H18N2O4. The summed E-state index contributed by atoms with van der Waals surface area (Å²) in [5, 5.41) is 0. The van der Waals surface area contributed by atoms with Gasteiger partial charge in [-0.05, 0) is 24.6 Å². The summed E-state index contributed by atoms with van der Waals surface area (Å²) in [7, 11) is 0. The SMILES string of the molecule is CCOC(=O)c1cnc(-c2cccc(OCc3ccccc3)c2)[nH]c1=O. The smallest absolute Gasteiger partial charge is 0.345 e. The van der Waals surface area contributed by atoms with Gasteiger partial charge in [-0.15, -0.1) is 0 Å². The Bertz CT molecular complexity index is 951. The number of hydrogen-bond donors (Lipinski definition) is 1. The average molecular weight is 350 g/mol. The molecule has 3 rings (SSSR count). The van der Waals surface area contributed by atoms with Gasteiger partial charge in [0, 0.05) is 11.8 Å². The molecule has 0 spiro atoms. The summed E-state index contributed by atoms with van der Waals surface area (Å²) < 4.78 is 10.6. The highest BCUT2D eigenvalue weighted by atomic mass is 16.5.